The van der Waals surface area contributed by atoms with Gasteiger partial charge in [0.1, 0.15) is 0 Å². The van der Waals surface area contributed by atoms with Gasteiger partial charge in [-0.15, -0.1) is 0 Å². The van der Waals surface area contributed by atoms with Crippen molar-refractivity contribution in [1.82, 2.24) is 4.72 Å². The third kappa shape index (κ3) is 7.71. The molecule has 0 radical (unpaired) electrons. The maximum Gasteiger partial charge on any atom is 0.225 e. The molecule has 0 heterocycles. The van der Waals surface area contributed by atoms with E-state index < -0.39 is 15.8 Å². The van der Waals surface area contributed by atoms with Gasteiger partial charge in [0.25, 0.3) is 0 Å². The number of nitrogens with one attached hydrogen (secondary N) is 1. The summed E-state index contributed by atoms with van der Waals surface area (Å²) in [6.45, 7) is 0.467. The van der Waals surface area contributed by atoms with Crippen molar-refractivity contribution in [3.63, 3.8) is 0 Å². The van der Waals surface area contributed by atoms with E-state index in [4.69, 9.17) is 10.4 Å². The fraction of sp³-hybridized carbons (Fsp3) is 0.857. The lowest BCUT2D eigenvalue weighted by molar-refractivity contribution is 0.283. The van der Waals surface area contributed by atoms with Gasteiger partial charge in [-0.05, 0) is 19.3 Å². The van der Waals surface area contributed by atoms with Gasteiger partial charge < -0.3 is 5.11 Å². The first-order valence-corrected chi connectivity index (χ1v) is 5.73. The average molecular weight is 206 g/mol. The molecule has 0 bridgehead atoms. The Hall–Kier alpha value is -0.640. The Kier molecular flexibility index (Phi) is 6.49. The summed E-state index contributed by atoms with van der Waals surface area (Å²) >= 11 is 0. The number of unbranched alkanes of at least 4 members (excludes halogenated alkanes) is 2. The second-order valence-corrected chi connectivity index (χ2v) is 4.40. The molecule has 13 heavy (non-hydrogen) atoms. The molecule has 0 aliphatic heterocycles. The Morgan fingerprint density at radius 2 is 2.00 bits per heavy atom. The molecule has 0 aromatic carbocycles. The number of sulfonamides is 1. The standard InChI is InChI=1S/C7H14N2O3S/c8-4-7-13(11,12)9-5-2-1-3-6-10/h9-10H,1-3,5-7H2. The Labute approximate surface area is 78.4 Å². The number of rotatable bonds is 7. The van der Waals surface area contributed by atoms with Crippen LogP contribution >= 0.6 is 0 Å². The van der Waals surface area contributed by atoms with E-state index in [0.29, 0.717) is 19.4 Å². The first-order chi connectivity index (χ1) is 6.12. The molecule has 2 N–H and O–H groups in total. The molecule has 0 aromatic rings. The predicted octanol–water partition coefficient (Wildman–Crippen LogP) is -0.408. The zero-order valence-electron chi connectivity index (χ0n) is 7.36. The minimum Gasteiger partial charge on any atom is -0.396 e. The number of aliphatic hydroxyl groups excluding tert-OH is 1. The molecule has 0 aromatic heterocycles. The fourth-order valence-corrected chi connectivity index (χ4v) is 1.50. The summed E-state index contributed by atoms with van der Waals surface area (Å²) in [7, 11) is -3.39. The molecular weight excluding hydrogens is 192 g/mol. The van der Waals surface area contributed by atoms with Gasteiger partial charge in [0, 0.05) is 13.2 Å². The molecule has 0 aliphatic rings. The van der Waals surface area contributed by atoms with Crippen molar-refractivity contribution in [2.24, 2.45) is 0 Å². The lowest BCUT2D eigenvalue weighted by Crippen LogP contribution is -2.26. The van der Waals surface area contributed by atoms with E-state index in [-0.39, 0.29) is 6.61 Å². The van der Waals surface area contributed by atoms with E-state index in [9.17, 15) is 8.42 Å². The second-order valence-electron chi connectivity index (χ2n) is 2.60. The zero-order valence-corrected chi connectivity index (χ0v) is 8.18. The van der Waals surface area contributed by atoms with E-state index in [1.54, 1.807) is 6.07 Å². The van der Waals surface area contributed by atoms with Crippen molar-refractivity contribution < 1.29 is 13.5 Å². The maximum absolute atomic E-state index is 10.9. The molecule has 76 valence electrons. The smallest absolute Gasteiger partial charge is 0.225 e. The van der Waals surface area contributed by atoms with Gasteiger partial charge in [-0.3, -0.25) is 0 Å². The first-order valence-electron chi connectivity index (χ1n) is 4.07. The molecule has 0 unspecified atom stereocenters. The fourth-order valence-electron chi connectivity index (χ4n) is 0.777. The highest BCUT2D eigenvalue weighted by atomic mass is 32.2. The molecule has 0 saturated carbocycles. The van der Waals surface area contributed by atoms with Crippen LogP contribution in [-0.2, 0) is 10.0 Å². The van der Waals surface area contributed by atoms with Crippen molar-refractivity contribution in [2.75, 3.05) is 18.9 Å². The maximum atomic E-state index is 10.9. The number of hydrogen-bond acceptors (Lipinski definition) is 4. The minimum atomic E-state index is -3.39. The Bertz CT molecular complexity index is 255. The van der Waals surface area contributed by atoms with Gasteiger partial charge in [-0.25, -0.2) is 13.1 Å². The van der Waals surface area contributed by atoms with Crippen LogP contribution in [0.3, 0.4) is 0 Å². The Morgan fingerprint density at radius 1 is 1.31 bits per heavy atom. The van der Waals surface area contributed by atoms with Crippen LogP contribution in [-0.4, -0.2) is 32.4 Å². The SMILES string of the molecule is N#CCS(=O)(=O)NCCCCCO. The summed E-state index contributed by atoms with van der Waals surface area (Å²) in [4.78, 5) is 0. The van der Waals surface area contributed by atoms with Gasteiger partial charge in [0.05, 0.1) is 6.07 Å². The summed E-state index contributed by atoms with van der Waals surface area (Å²) in [6, 6.07) is 1.57. The first kappa shape index (κ1) is 12.4. The Morgan fingerprint density at radius 3 is 2.54 bits per heavy atom. The monoisotopic (exact) mass is 206 g/mol. The van der Waals surface area contributed by atoms with E-state index in [1.165, 1.54) is 0 Å². The van der Waals surface area contributed by atoms with Crippen LogP contribution < -0.4 is 4.72 Å². The van der Waals surface area contributed by atoms with Crippen LogP contribution in [0.1, 0.15) is 19.3 Å². The van der Waals surface area contributed by atoms with Crippen LogP contribution in [0, 0.1) is 11.3 Å². The molecule has 0 saturated heterocycles. The molecular formula is C7H14N2O3S. The van der Waals surface area contributed by atoms with E-state index in [1.807, 2.05) is 0 Å². The number of nitriles is 1. The lowest BCUT2D eigenvalue weighted by atomic mass is 10.2. The minimum absolute atomic E-state index is 0.130. The highest BCUT2D eigenvalue weighted by Gasteiger charge is 2.06. The average Bonchev–Trinajstić information content (AvgIpc) is 2.04. The van der Waals surface area contributed by atoms with Gasteiger partial charge in [0.15, 0.2) is 5.75 Å². The largest absolute Gasteiger partial charge is 0.396 e. The summed E-state index contributed by atoms with van der Waals surface area (Å²) in [5, 5.41) is 16.6. The highest BCUT2D eigenvalue weighted by molar-refractivity contribution is 7.89. The zero-order chi connectivity index (χ0) is 10.2. The molecule has 0 fully saturated rings. The molecule has 0 spiro atoms. The highest BCUT2D eigenvalue weighted by Crippen LogP contribution is 1.93. The third-order valence-electron chi connectivity index (χ3n) is 1.41. The summed E-state index contributed by atoms with van der Waals surface area (Å²) in [6.07, 6.45) is 2.15. The van der Waals surface area contributed by atoms with Crippen LogP contribution in [0.5, 0.6) is 0 Å². The molecule has 5 nitrogen and oxygen atoms in total. The van der Waals surface area contributed by atoms with Crippen LogP contribution in [0.4, 0.5) is 0 Å². The predicted molar refractivity (Wildman–Crippen MR) is 48.3 cm³/mol. The van der Waals surface area contributed by atoms with Crippen molar-refractivity contribution in [2.45, 2.75) is 19.3 Å². The normalized spacial score (nSPS) is 11.1. The van der Waals surface area contributed by atoms with Crippen LogP contribution in [0.25, 0.3) is 0 Å². The second kappa shape index (κ2) is 6.83. The topological polar surface area (TPSA) is 90.2 Å². The quantitative estimate of drug-likeness (QED) is 0.554. The number of nitrogens with zero attached hydrogens (tertiary/aromatic N) is 1. The molecule has 0 atom stereocenters. The van der Waals surface area contributed by atoms with Gasteiger partial charge in [-0.2, -0.15) is 5.26 Å². The molecule has 6 heteroatoms. The van der Waals surface area contributed by atoms with Crippen molar-refractivity contribution >= 4 is 10.0 Å². The van der Waals surface area contributed by atoms with E-state index >= 15 is 0 Å². The molecule has 0 rings (SSSR count). The molecule has 0 aliphatic carbocycles. The molecule has 0 amide bonds. The summed E-state index contributed by atoms with van der Waals surface area (Å²) in [5.41, 5.74) is 0. The van der Waals surface area contributed by atoms with Gasteiger partial charge >= 0.3 is 0 Å². The van der Waals surface area contributed by atoms with Crippen molar-refractivity contribution in [1.29, 1.82) is 5.26 Å². The van der Waals surface area contributed by atoms with E-state index in [0.717, 1.165) is 6.42 Å². The number of hydrogen-bond donors (Lipinski definition) is 2. The Balaban J connectivity index is 3.48. The number of aliphatic hydroxyl groups is 1. The summed E-state index contributed by atoms with van der Waals surface area (Å²) in [5.74, 6) is -0.493. The van der Waals surface area contributed by atoms with Crippen molar-refractivity contribution in [3.8, 4) is 6.07 Å². The van der Waals surface area contributed by atoms with Gasteiger partial charge in [0.2, 0.25) is 10.0 Å². The van der Waals surface area contributed by atoms with Crippen LogP contribution in [0.15, 0.2) is 0 Å². The van der Waals surface area contributed by atoms with E-state index in [2.05, 4.69) is 4.72 Å². The van der Waals surface area contributed by atoms with Crippen molar-refractivity contribution in [3.05, 3.63) is 0 Å². The van der Waals surface area contributed by atoms with Crippen LogP contribution in [0.2, 0.25) is 0 Å². The summed E-state index contributed by atoms with van der Waals surface area (Å²) < 4.78 is 24.0. The lowest BCUT2D eigenvalue weighted by Gasteiger charge is -2.01. The third-order valence-corrected chi connectivity index (χ3v) is 2.56. The van der Waals surface area contributed by atoms with Gasteiger partial charge in [-0.1, -0.05) is 0 Å².